The number of rotatable bonds is 8. The average Bonchev–Trinajstić information content (AvgIpc) is 2.60. The molecule has 1 aromatic heterocycles. The van der Waals surface area contributed by atoms with Crippen LogP contribution in [0.25, 0.3) is 0 Å². The van der Waals surface area contributed by atoms with E-state index in [4.69, 9.17) is 16.6 Å². The number of esters is 1. The Labute approximate surface area is 153 Å². The zero-order valence-corrected chi connectivity index (χ0v) is 15.1. The molecule has 0 saturated carbocycles. The summed E-state index contributed by atoms with van der Waals surface area (Å²) in [5.41, 5.74) is 10.7. The van der Waals surface area contributed by atoms with Crippen molar-refractivity contribution in [2.24, 2.45) is 0 Å². The summed E-state index contributed by atoms with van der Waals surface area (Å²) in [5.74, 6) is -0.364. The first-order chi connectivity index (χ1) is 12.3. The van der Waals surface area contributed by atoms with Gasteiger partial charge in [-0.1, -0.05) is 32.6 Å². The lowest BCUT2D eigenvalue weighted by molar-refractivity contribution is -0.137. The number of carboxylic acids is 1. The molecular weight excluding hydrogens is 338 g/mol. The minimum absolute atomic E-state index is 0.168. The monoisotopic (exact) mass is 365 g/mol. The molecule has 9 heteroatoms. The highest BCUT2D eigenvalue weighted by atomic mass is 16.5. The number of nitrogens with two attached hydrogens (primary N) is 2. The third-order valence-electron chi connectivity index (χ3n) is 2.37. The molecule has 1 aromatic rings. The van der Waals surface area contributed by atoms with Crippen LogP contribution >= 0.6 is 0 Å². The summed E-state index contributed by atoms with van der Waals surface area (Å²) >= 11 is 0. The lowest BCUT2D eigenvalue weighted by atomic mass is 10.3. The molecule has 144 valence electrons. The van der Waals surface area contributed by atoms with Gasteiger partial charge in [0.2, 0.25) is 11.9 Å². The van der Waals surface area contributed by atoms with Gasteiger partial charge in [0, 0.05) is 18.6 Å². The maximum atomic E-state index is 10.3. The van der Waals surface area contributed by atoms with Gasteiger partial charge in [0.1, 0.15) is 5.82 Å². The number of hydrogen-bond acceptors (Lipinski definition) is 8. The molecular formula is C17H27N5O4. The van der Waals surface area contributed by atoms with E-state index >= 15 is 0 Å². The fraction of sp³-hybridized carbons (Fsp3) is 0.353. The first kappa shape index (κ1) is 25.0. The number of aryl methyl sites for hydroxylation is 1. The molecule has 9 nitrogen and oxygen atoms in total. The number of nitrogen functional groups attached to an aromatic ring is 2. The van der Waals surface area contributed by atoms with Gasteiger partial charge in [-0.3, -0.25) is 0 Å². The van der Waals surface area contributed by atoms with Crippen molar-refractivity contribution in [2.75, 3.05) is 18.1 Å². The third kappa shape index (κ3) is 17.1. The van der Waals surface area contributed by atoms with Gasteiger partial charge in [-0.2, -0.15) is 15.0 Å². The highest BCUT2D eigenvalue weighted by Gasteiger charge is 1.99. The van der Waals surface area contributed by atoms with E-state index in [0.29, 0.717) is 18.9 Å². The number of anilines is 2. The molecule has 5 N–H and O–H groups in total. The van der Waals surface area contributed by atoms with Crippen LogP contribution in [-0.2, 0) is 20.7 Å². The van der Waals surface area contributed by atoms with Crippen LogP contribution in [0.15, 0.2) is 38.0 Å². The molecule has 1 heterocycles. The molecule has 0 aliphatic rings. The van der Waals surface area contributed by atoms with Gasteiger partial charge in [0.15, 0.2) is 0 Å². The number of hydrogen-bond donors (Lipinski definition) is 3. The number of nitrogens with zero attached hydrogens (tertiary/aromatic N) is 3. The van der Waals surface area contributed by atoms with E-state index in [2.05, 4.69) is 39.4 Å². The standard InChI is InChI=1S/C7H11N5.C7H12O2.C3H4O2/c1-2-3-4-5-10-6(8)12-7(9)11-5;1-3-5-6-9-7(8)4-2;1-2-3(4)5/h2H,1,3-4H2,(H4,8,9,10,11,12);4H,2-3,5-6H2,1H3;2H,1H2,(H,4,5). The average molecular weight is 365 g/mol. The molecule has 0 unspecified atom stereocenters. The van der Waals surface area contributed by atoms with Crippen LogP contribution in [0.5, 0.6) is 0 Å². The summed E-state index contributed by atoms with van der Waals surface area (Å²) < 4.78 is 4.67. The van der Waals surface area contributed by atoms with E-state index in [1.807, 2.05) is 6.92 Å². The van der Waals surface area contributed by atoms with E-state index in [9.17, 15) is 9.59 Å². The van der Waals surface area contributed by atoms with Gasteiger partial charge in [-0.05, 0) is 12.8 Å². The summed E-state index contributed by atoms with van der Waals surface area (Å²) in [7, 11) is 0. The Morgan fingerprint density at radius 2 is 1.65 bits per heavy atom. The Kier molecular flexibility index (Phi) is 16.0. The molecule has 0 radical (unpaired) electrons. The number of unbranched alkanes of at least 4 members (excludes halogenated alkanes) is 1. The molecule has 0 aliphatic heterocycles. The predicted octanol–water partition coefficient (Wildman–Crippen LogP) is 1.93. The van der Waals surface area contributed by atoms with E-state index in [1.165, 1.54) is 6.08 Å². The van der Waals surface area contributed by atoms with Crippen LogP contribution in [0.4, 0.5) is 11.9 Å². The van der Waals surface area contributed by atoms with Crippen molar-refractivity contribution in [2.45, 2.75) is 32.6 Å². The smallest absolute Gasteiger partial charge is 0.330 e. The van der Waals surface area contributed by atoms with Crippen molar-refractivity contribution < 1.29 is 19.4 Å². The normalized spacial score (nSPS) is 8.65. The maximum Gasteiger partial charge on any atom is 0.330 e. The van der Waals surface area contributed by atoms with Crippen molar-refractivity contribution in [1.29, 1.82) is 0 Å². The molecule has 0 aromatic carbocycles. The largest absolute Gasteiger partial charge is 0.478 e. The SMILES string of the molecule is C=CC(=O)O.C=CC(=O)OCCCC.C=CCCc1nc(N)nc(N)n1. The van der Waals surface area contributed by atoms with Gasteiger partial charge in [0.25, 0.3) is 0 Å². The van der Waals surface area contributed by atoms with E-state index in [-0.39, 0.29) is 17.9 Å². The summed E-state index contributed by atoms with van der Waals surface area (Å²) in [6.07, 6.45) is 7.28. The Morgan fingerprint density at radius 3 is 2.04 bits per heavy atom. The quantitative estimate of drug-likeness (QED) is 0.271. The highest BCUT2D eigenvalue weighted by molar-refractivity contribution is 5.81. The second kappa shape index (κ2) is 16.6. The lowest BCUT2D eigenvalue weighted by Crippen LogP contribution is -2.06. The minimum Gasteiger partial charge on any atom is -0.478 e. The fourth-order valence-corrected chi connectivity index (χ4v) is 1.18. The van der Waals surface area contributed by atoms with Crippen LogP contribution in [0.3, 0.4) is 0 Å². The van der Waals surface area contributed by atoms with Gasteiger partial charge in [0.05, 0.1) is 6.61 Å². The van der Waals surface area contributed by atoms with E-state index in [0.717, 1.165) is 25.3 Å². The van der Waals surface area contributed by atoms with Crippen molar-refractivity contribution >= 4 is 23.8 Å². The van der Waals surface area contributed by atoms with Gasteiger partial charge >= 0.3 is 11.9 Å². The summed E-state index contributed by atoms with van der Waals surface area (Å²) in [6, 6.07) is 0. The van der Waals surface area contributed by atoms with Crippen LogP contribution in [-0.4, -0.2) is 38.6 Å². The van der Waals surface area contributed by atoms with Gasteiger partial charge in [-0.15, -0.1) is 6.58 Å². The topological polar surface area (TPSA) is 154 Å². The zero-order chi connectivity index (χ0) is 20.4. The number of carbonyl (C=O) groups excluding carboxylic acids is 1. The second-order valence-corrected chi connectivity index (χ2v) is 4.56. The number of aromatic nitrogens is 3. The lowest BCUT2D eigenvalue weighted by Gasteiger charge is -1.98. The Bertz CT molecular complexity index is 570. The molecule has 26 heavy (non-hydrogen) atoms. The first-order valence-electron chi connectivity index (χ1n) is 7.81. The molecule has 0 saturated heterocycles. The number of carboxylic acid groups (broad SMARTS) is 1. The third-order valence-corrected chi connectivity index (χ3v) is 2.37. The first-order valence-corrected chi connectivity index (χ1v) is 7.81. The van der Waals surface area contributed by atoms with Crippen LogP contribution < -0.4 is 11.5 Å². The number of ether oxygens (including phenoxy) is 1. The molecule has 1 rings (SSSR count). The van der Waals surface area contributed by atoms with Gasteiger partial charge in [-0.25, -0.2) is 9.59 Å². The predicted molar refractivity (Wildman–Crippen MR) is 101 cm³/mol. The van der Waals surface area contributed by atoms with Crippen molar-refractivity contribution in [1.82, 2.24) is 15.0 Å². The minimum atomic E-state index is -0.981. The number of allylic oxidation sites excluding steroid dienone is 1. The summed E-state index contributed by atoms with van der Waals surface area (Å²) in [4.78, 5) is 31.0. The van der Waals surface area contributed by atoms with E-state index < -0.39 is 5.97 Å². The van der Waals surface area contributed by atoms with Crippen molar-refractivity contribution in [3.05, 3.63) is 43.8 Å². The molecule has 0 fully saturated rings. The molecule has 0 amide bonds. The van der Waals surface area contributed by atoms with Crippen LogP contribution in [0, 0.1) is 0 Å². The molecule has 0 atom stereocenters. The molecule has 0 bridgehead atoms. The number of aliphatic carboxylic acids is 1. The zero-order valence-electron chi connectivity index (χ0n) is 15.1. The van der Waals surface area contributed by atoms with E-state index in [1.54, 1.807) is 6.08 Å². The van der Waals surface area contributed by atoms with Crippen molar-refractivity contribution in [3.63, 3.8) is 0 Å². The van der Waals surface area contributed by atoms with Gasteiger partial charge < -0.3 is 21.3 Å². The molecule has 0 spiro atoms. The fourth-order valence-electron chi connectivity index (χ4n) is 1.18. The van der Waals surface area contributed by atoms with Crippen LogP contribution in [0.2, 0.25) is 0 Å². The number of carbonyl (C=O) groups is 2. The Morgan fingerprint density at radius 1 is 1.12 bits per heavy atom. The second-order valence-electron chi connectivity index (χ2n) is 4.56. The summed E-state index contributed by atoms with van der Waals surface area (Å²) in [5, 5.41) is 7.60. The van der Waals surface area contributed by atoms with Crippen LogP contribution in [0.1, 0.15) is 32.0 Å². The summed E-state index contributed by atoms with van der Waals surface area (Å²) in [6.45, 7) is 12.4. The Hall–Kier alpha value is -3.23. The maximum absolute atomic E-state index is 10.3. The Balaban J connectivity index is 0. The molecule has 0 aliphatic carbocycles. The van der Waals surface area contributed by atoms with Crippen molar-refractivity contribution in [3.8, 4) is 0 Å². The highest BCUT2D eigenvalue weighted by Crippen LogP contribution is 2.01.